The number of rotatable bonds is 23. The SMILES string of the molecule is C=C(C)C(C)CC(Cc1ccccc1)NC.C=C(C)O.C=C/C(=C/SC)N=CCCC(C(C)C)N(C)C(=C)C[C@@H](C)CC.C=NC.NCCCCCC=O. The fourth-order valence-corrected chi connectivity index (χ4v) is 5.34. The zero-order chi connectivity index (χ0) is 42.3. The summed E-state index contributed by atoms with van der Waals surface area (Å²) in [7, 11) is 5.87. The predicted molar refractivity (Wildman–Crippen MR) is 247 cm³/mol. The summed E-state index contributed by atoms with van der Waals surface area (Å²) in [6.45, 7) is 34.1. The number of carbonyl (C=O) groups is 1. The van der Waals surface area contributed by atoms with Crippen molar-refractivity contribution in [1.29, 1.82) is 0 Å². The van der Waals surface area contributed by atoms with E-state index in [-0.39, 0.29) is 5.76 Å². The molecule has 0 bridgehead atoms. The molecule has 3 unspecified atom stereocenters. The van der Waals surface area contributed by atoms with Gasteiger partial charge in [-0.3, -0.25) is 4.99 Å². The number of aliphatic hydroxyl groups excluding tert-OH is 1. The first-order chi connectivity index (χ1) is 25.6. The third-order valence-electron chi connectivity index (χ3n) is 8.57. The molecule has 0 amide bonds. The van der Waals surface area contributed by atoms with Gasteiger partial charge in [0.25, 0.3) is 0 Å². The fourth-order valence-electron chi connectivity index (χ4n) is 4.95. The molecule has 1 aromatic rings. The summed E-state index contributed by atoms with van der Waals surface area (Å²) < 4.78 is 0. The van der Waals surface area contributed by atoms with Crippen molar-refractivity contribution >= 4 is 31.0 Å². The topological polar surface area (TPSA) is 103 Å². The van der Waals surface area contributed by atoms with Crippen molar-refractivity contribution in [1.82, 2.24) is 10.2 Å². The largest absolute Gasteiger partial charge is 0.513 e. The lowest BCUT2D eigenvalue weighted by Crippen LogP contribution is -2.35. The number of aliphatic hydroxyl groups is 1. The van der Waals surface area contributed by atoms with E-state index in [4.69, 9.17) is 10.8 Å². The predicted octanol–water partition coefficient (Wildman–Crippen LogP) is 11.7. The molecule has 4 atom stereocenters. The van der Waals surface area contributed by atoms with Gasteiger partial charge in [0, 0.05) is 44.5 Å². The molecule has 8 heteroatoms. The summed E-state index contributed by atoms with van der Waals surface area (Å²) >= 11 is 1.65. The molecule has 0 fully saturated rings. The molecule has 0 aliphatic heterocycles. The Balaban J connectivity index is -0.000000346. The van der Waals surface area contributed by atoms with E-state index in [0.717, 1.165) is 69.9 Å². The highest BCUT2D eigenvalue weighted by Gasteiger charge is 2.20. The zero-order valence-electron chi connectivity index (χ0n) is 36.6. The van der Waals surface area contributed by atoms with E-state index in [1.165, 1.54) is 30.2 Å². The van der Waals surface area contributed by atoms with Crippen LogP contribution in [0.1, 0.15) is 112 Å². The van der Waals surface area contributed by atoms with Crippen LogP contribution in [0.3, 0.4) is 0 Å². The molecule has 0 aliphatic rings. The minimum Gasteiger partial charge on any atom is -0.513 e. The monoisotopic (exact) mass is 770 g/mol. The van der Waals surface area contributed by atoms with E-state index < -0.39 is 0 Å². The molecule has 0 heterocycles. The number of allylic oxidation sites excluding steroid dienone is 4. The van der Waals surface area contributed by atoms with Gasteiger partial charge in [0.1, 0.15) is 6.29 Å². The van der Waals surface area contributed by atoms with Gasteiger partial charge in [-0.1, -0.05) is 110 Å². The first-order valence-corrected chi connectivity index (χ1v) is 20.8. The Morgan fingerprint density at radius 3 is 2.06 bits per heavy atom. The van der Waals surface area contributed by atoms with Gasteiger partial charge in [0.05, 0.1) is 11.5 Å². The molecule has 0 aromatic heterocycles. The van der Waals surface area contributed by atoms with Crippen LogP contribution in [-0.4, -0.2) is 75.3 Å². The molecule has 1 rings (SSSR count). The number of nitrogens with zero attached hydrogens (tertiary/aromatic N) is 3. The van der Waals surface area contributed by atoms with Crippen molar-refractivity contribution < 1.29 is 9.90 Å². The van der Waals surface area contributed by atoms with Crippen LogP contribution in [0, 0.1) is 17.8 Å². The smallest absolute Gasteiger partial charge is 0.119 e. The highest BCUT2D eigenvalue weighted by molar-refractivity contribution is 8.01. The Bertz CT molecular complexity index is 1150. The Morgan fingerprint density at radius 1 is 1.06 bits per heavy atom. The zero-order valence-corrected chi connectivity index (χ0v) is 37.4. The van der Waals surface area contributed by atoms with Crippen LogP contribution in [0.4, 0.5) is 0 Å². The number of unbranched alkanes of at least 4 members (excludes halogenated alkanes) is 3. The standard InChI is InChI=1S/C20H36N2S.C15H23N.C6H13NO.C3H6O.C2H5N/c1-9-17(5)14-18(6)22(7)20(16(3)4)12-11-13-21-19(10-2)15-23-8;1-12(2)13(3)10-15(16-4)11-14-8-6-5-7-9-14;7-5-3-1-2-4-6-8;1-3(2)4;1-3-2/h10,13,15-17,20H,2,6,9,11-12,14H2,1,3-5,7-8H3;5-9,13,15-16H,1,10-11H2,2-4H3;6H,1-5,7H2;4H,1H2,2H3;1H2,2H3/b19-15-,21-13?;;;;/t17-,20?;;;;/m0..../s1. The molecule has 54 heavy (non-hydrogen) atoms. The number of aliphatic imine (C=N–C) groups is 2. The molecule has 0 saturated carbocycles. The van der Waals surface area contributed by atoms with E-state index in [0.29, 0.717) is 36.3 Å². The van der Waals surface area contributed by atoms with Crippen molar-refractivity contribution in [2.24, 2.45) is 33.5 Å². The number of aldehydes is 1. The van der Waals surface area contributed by atoms with Gasteiger partial charge in [-0.15, -0.1) is 11.8 Å². The molecule has 0 aliphatic carbocycles. The molecule has 0 saturated heterocycles. The molecule has 310 valence electrons. The first-order valence-electron chi connectivity index (χ1n) is 19.5. The van der Waals surface area contributed by atoms with E-state index >= 15 is 0 Å². The van der Waals surface area contributed by atoms with Crippen molar-refractivity contribution in [3.8, 4) is 0 Å². The molecule has 4 N–H and O–H groups in total. The number of nitrogens with one attached hydrogen (secondary N) is 1. The van der Waals surface area contributed by atoms with Crippen LogP contribution < -0.4 is 11.1 Å². The van der Waals surface area contributed by atoms with Gasteiger partial charge in [0.15, 0.2) is 0 Å². The number of hydrogen-bond donors (Lipinski definition) is 3. The van der Waals surface area contributed by atoms with Crippen LogP contribution >= 0.6 is 11.8 Å². The van der Waals surface area contributed by atoms with Crippen LogP contribution in [0.5, 0.6) is 0 Å². The average Bonchev–Trinajstić information content (AvgIpc) is 3.13. The Kier molecular flexibility index (Phi) is 43.6. The second-order valence-corrected chi connectivity index (χ2v) is 14.8. The molecule has 0 radical (unpaired) electrons. The summed E-state index contributed by atoms with van der Waals surface area (Å²) in [6, 6.07) is 11.7. The summed E-state index contributed by atoms with van der Waals surface area (Å²) in [4.78, 5) is 19.9. The van der Waals surface area contributed by atoms with Crippen LogP contribution in [0.15, 0.2) is 101 Å². The van der Waals surface area contributed by atoms with Gasteiger partial charge in [-0.05, 0) is 120 Å². The number of hydrogen-bond acceptors (Lipinski definition) is 8. The van der Waals surface area contributed by atoms with Crippen molar-refractivity contribution in [2.45, 2.75) is 125 Å². The second kappa shape index (κ2) is 41.0. The van der Waals surface area contributed by atoms with Gasteiger partial charge in [-0.2, -0.15) is 0 Å². The fraction of sp³-hybridized carbons (Fsp3) is 0.587. The molecule has 0 spiro atoms. The molecular weight excluding hydrogens is 687 g/mol. The van der Waals surface area contributed by atoms with Crippen LogP contribution in [0.2, 0.25) is 0 Å². The Hall–Kier alpha value is -3.20. The van der Waals surface area contributed by atoms with Crippen molar-refractivity contribution in [3.63, 3.8) is 0 Å². The van der Waals surface area contributed by atoms with Gasteiger partial charge >= 0.3 is 0 Å². The first kappa shape index (κ1) is 57.5. The number of carbonyl (C=O) groups excluding carboxylic acids is 1. The summed E-state index contributed by atoms with van der Waals surface area (Å²) in [5.41, 5.74) is 10.1. The molecule has 1 aromatic carbocycles. The summed E-state index contributed by atoms with van der Waals surface area (Å²) in [5.74, 6) is 2.05. The highest BCUT2D eigenvalue weighted by Crippen LogP contribution is 2.23. The van der Waals surface area contributed by atoms with Gasteiger partial charge < -0.3 is 30.8 Å². The highest BCUT2D eigenvalue weighted by atomic mass is 32.2. The second-order valence-electron chi connectivity index (χ2n) is 14.1. The Labute approximate surface area is 338 Å². The van der Waals surface area contributed by atoms with E-state index in [1.54, 1.807) is 24.9 Å². The summed E-state index contributed by atoms with van der Waals surface area (Å²) in [6.07, 6.45) is 17.3. The van der Waals surface area contributed by atoms with E-state index in [2.05, 4.69) is 132 Å². The molecule has 7 nitrogen and oxygen atoms in total. The maximum atomic E-state index is 9.74. The average molecular weight is 770 g/mol. The number of likely N-dealkylation sites (N-methyl/N-ethyl adjacent to an activating group) is 1. The van der Waals surface area contributed by atoms with Crippen LogP contribution in [-0.2, 0) is 11.2 Å². The maximum absolute atomic E-state index is 9.74. The number of benzene rings is 1. The van der Waals surface area contributed by atoms with E-state index in [1.807, 2.05) is 24.9 Å². The third kappa shape index (κ3) is 38.5. The quantitative estimate of drug-likeness (QED) is 0.0256. The maximum Gasteiger partial charge on any atom is 0.119 e. The lowest BCUT2D eigenvalue weighted by Gasteiger charge is -2.35. The number of nitrogens with two attached hydrogens (primary N) is 1. The third-order valence-corrected chi connectivity index (χ3v) is 9.04. The summed E-state index contributed by atoms with van der Waals surface area (Å²) in [5, 5.41) is 13.3. The lowest BCUT2D eigenvalue weighted by molar-refractivity contribution is -0.107. The molecular formula is C46H83N5O2S. The normalized spacial score (nSPS) is 12.7. The van der Waals surface area contributed by atoms with Crippen molar-refractivity contribution in [2.75, 3.05) is 33.9 Å². The minimum atomic E-state index is 0.167. The minimum absolute atomic E-state index is 0.167. The van der Waals surface area contributed by atoms with E-state index in [9.17, 15) is 4.79 Å². The number of thioether (sulfide) groups is 1. The van der Waals surface area contributed by atoms with Gasteiger partial charge in [-0.25, -0.2) is 0 Å². The Morgan fingerprint density at radius 2 is 1.63 bits per heavy atom. The lowest BCUT2D eigenvalue weighted by atomic mass is 9.92. The van der Waals surface area contributed by atoms with Gasteiger partial charge in [0.2, 0.25) is 0 Å². The van der Waals surface area contributed by atoms with Crippen LogP contribution in [0.25, 0.3) is 0 Å². The van der Waals surface area contributed by atoms with Crippen molar-refractivity contribution in [3.05, 3.63) is 96.4 Å².